The molecule has 8 nitrogen and oxygen atoms in total. The van der Waals surface area contributed by atoms with Crippen molar-refractivity contribution in [3.8, 4) is 6.07 Å². The fraction of sp³-hybridized carbons (Fsp3) is 0.154. The van der Waals surface area contributed by atoms with E-state index in [1.165, 1.54) is 6.08 Å². The molecule has 0 unspecified atom stereocenters. The Labute approximate surface area is 197 Å². The normalized spacial score (nSPS) is 10.8. The molecular formula is C26H24N4O4. The van der Waals surface area contributed by atoms with Crippen LogP contribution in [0.15, 0.2) is 76.7 Å². The first-order chi connectivity index (χ1) is 16.4. The highest BCUT2D eigenvalue weighted by Crippen LogP contribution is 2.13. The second-order valence-electron chi connectivity index (χ2n) is 7.47. The van der Waals surface area contributed by atoms with Crippen molar-refractivity contribution in [3.05, 3.63) is 95.0 Å². The van der Waals surface area contributed by atoms with E-state index >= 15 is 0 Å². The van der Waals surface area contributed by atoms with Gasteiger partial charge in [0.2, 0.25) is 0 Å². The number of anilines is 1. The maximum absolute atomic E-state index is 12.3. The number of furan rings is 1. The average Bonchev–Trinajstić information content (AvgIpc) is 3.30. The molecule has 172 valence electrons. The zero-order chi connectivity index (χ0) is 24.3. The second-order valence-corrected chi connectivity index (χ2v) is 7.47. The number of rotatable bonds is 8. The van der Waals surface area contributed by atoms with Crippen molar-refractivity contribution in [1.82, 2.24) is 10.6 Å². The number of amides is 3. The van der Waals surface area contributed by atoms with Crippen LogP contribution in [0.25, 0.3) is 6.08 Å². The molecule has 3 rings (SSSR count). The Balaban J connectivity index is 1.49. The summed E-state index contributed by atoms with van der Waals surface area (Å²) in [6, 6.07) is 21.8. The number of hydrogen-bond donors (Lipinski definition) is 3. The Morgan fingerprint density at radius 2 is 1.65 bits per heavy atom. The summed E-state index contributed by atoms with van der Waals surface area (Å²) in [6.45, 7) is 2.28. The first-order valence-corrected chi connectivity index (χ1v) is 10.6. The molecule has 3 aromatic rings. The van der Waals surface area contributed by atoms with Crippen LogP contribution in [-0.2, 0) is 27.3 Å². The molecule has 0 saturated carbocycles. The van der Waals surface area contributed by atoms with E-state index in [0.717, 1.165) is 11.1 Å². The molecule has 0 spiro atoms. The third kappa shape index (κ3) is 7.21. The van der Waals surface area contributed by atoms with Gasteiger partial charge in [-0.2, -0.15) is 5.26 Å². The summed E-state index contributed by atoms with van der Waals surface area (Å²) in [5, 5.41) is 17.0. The van der Waals surface area contributed by atoms with Gasteiger partial charge in [0.05, 0.1) is 6.54 Å². The lowest BCUT2D eigenvalue weighted by atomic mass is 10.1. The first-order valence-electron chi connectivity index (χ1n) is 10.6. The van der Waals surface area contributed by atoms with Crippen LogP contribution in [-0.4, -0.2) is 24.3 Å². The molecular weight excluding hydrogens is 432 g/mol. The zero-order valence-electron chi connectivity index (χ0n) is 18.6. The SMILES string of the molecule is Cc1ccc(NC(=O)C(=O)NCc2ccc(/C=C(\C#N)C(=O)NCCc3ccccc3)o2)cc1. The highest BCUT2D eigenvalue weighted by Gasteiger charge is 2.15. The minimum Gasteiger partial charge on any atom is -0.460 e. The molecule has 8 heteroatoms. The molecule has 0 radical (unpaired) electrons. The summed E-state index contributed by atoms with van der Waals surface area (Å²) in [5.74, 6) is -1.47. The van der Waals surface area contributed by atoms with Crippen LogP contribution in [0, 0.1) is 18.3 Å². The highest BCUT2D eigenvalue weighted by molar-refractivity contribution is 6.39. The van der Waals surface area contributed by atoms with Crippen molar-refractivity contribution >= 4 is 29.5 Å². The largest absolute Gasteiger partial charge is 0.460 e. The van der Waals surface area contributed by atoms with Gasteiger partial charge in [-0.05, 0) is 43.2 Å². The van der Waals surface area contributed by atoms with Gasteiger partial charge in [-0.3, -0.25) is 14.4 Å². The number of carbonyl (C=O) groups is 3. The van der Waals surface area contributed by atoms with Crippen molar-refractivity contribution in [1.29, 1.82) is 5.26 Å². The van der Waals surface area contributed by atoms with Crippen LogP contribution in [0.1, 0.15) is 22.6 Å². The fourth-order valence-corrected chi connectivity index (χ4v) is 2.99. The summed E-state index contributed by atoms with van der Waals surface area (Å²) >= 11 is 0. The first kappa shape index (κ1) is 24.0. The quantitative estimate of drug-likeness (QED) is 0.273. The number of nitrogens with zero attached hydrogens (tertiary/aromatic N) is 1. The van der Waals surface area contributed by atoms with Gasteiger partial charge in [-0.15, -0.1) is 0 Å². The Hall–Kier alpha value is -4.64. The van der Waals surface area contributed by atoms with Gasteiger partial charge in [-0.25, -0.2) is 0 Å². The third-order valence-electron chi connectivity index (χ3n) is 4.82. The summed E-state index contributed by atoms with van der Waals surface area (Å²) in [6.07, 6.45) is 1.97. The fourth-order valence-electron chi connectivity index (χ4n) is 2.99. The van der Waals surface area contributed by atoms with E-state index in [0.29, 0.717) is 24.4 Å². The molecule has 0 aliphatic heterocycles. The second kappa shape index (κ2) is 11.8. The van der Waals surface area contributed by atoms with Gasteiger partial charge in [-0.1, -0.05) is 48.0 Å². The van der Waals surface area contributed by atoms with Gasteiger partial charge in [0.25, 0.3) is 5.91 Å². The maximum atomic E-state index is 12.3. The van der Waals surface area contributed by atoms with Crippen LogP contribution in [0.2, 0.25) is 0 Å². The smallest absolute Gasteiger partial charge is 0.313 e. The van der Waals surface area contributed by atoms with Crippen molar-refractivity contribution in [2.75, 3.05) is 11.9 Å². The molecule has 3 N–H and O–H groups in total. The summed E-state index contributed by atoms with van der Waals surface area (Å²) in [7, 11) is 0. The average molecular weight is 457 g/mol. The Bertz CT molecular complexity index is 1220. The molecule has 3 amide bonds. The third-order valence-corrected chi connectivity index (χ3v) is 4.82. The van der Waals surface area contributed by atoms with Gasteiger partial charge in [0.15, 0.2) is 0 Å². The number of carbonyl (C=O) groups excluding carboxylic acids is 3. The van der Waals surface area contributed by atoms with E-state index in [4.69, 9.17) is 4.42 Å². The molecule has 0 saturated heterocycles. The van der Waals surface area contributed by atoms with Crippen molar-refractivity contribution < 1.29 is 18.8 Å². The molecule has 1 heterocycles. The van der Waals surface area contributed by atoms with E-state index in [1.807, 2.05) is 55.5 Å². The Kier molecular flexibility index (Phi) is 8.36. The molecule has 1 aromatic heterocycles. The van der Waals surface area contributed by atoms with Crippen LogP contribution >= 0.6 is 0 Å². The van der Waals surface area contributed by atoms with Gasteiger partial charge < -0.3 is 20.4 Å². The van der Waals surface area contributed by atoms with Crippen molar-refractivity contribution in [2.24, 2.45) is 0 Å². The Morgan fingerprint density at radius 3 is 2.35 bits per heavy atom. The number of hydrogen-bond acceptors (Lipinski definition) is 5. The van der Waals surface area contributed by atoms with Crippen molar-refractivity contribution in [2.45, 2.75) is 19.9 Å². The number of aryl methyl sites for hydroxylation is 1. The standard InChI is InChI=1S/C26H24N4O4/c1-18-7-9-21(10-8-18)30-26(33)25(32)29-17-23-12-11-22(34-23)15-20(16-27)24(31)28-14-13-19-5-3-2-4-6-19/h2-12,15H,13-14,17H2,1H3,(H,28,31)(H,29,32)(H,30,33)/b20-15+. The lowest BCUT2D eigenvalue weighted by Crippen LogP contribution is -2.34. The summed E-state index contributed by atoms with van der Waals surface area (Å²) < 4.78 is 5.55. The number of nitriles is 1. The van der Waals surface area contributed by atoms with Gasteiger partial charge >= 0.3 is 11.8 Å². The lowest BCUT2D eigenvalue weighted by Gasteiger charge is -2.06. The van der Waals surface area contributed by atoms with E-state index in [1.54, 1.807) is 24.3 Å². The highest BCUT2D eigenvalue weighted by atomic mass is 16.3. The van der Waals surface area contributed by atoms with Gasteiger partial charge in [0, 0.05) is 18.3 Å². The van der Waals surface area contributed by atoms with E-state index in [-0.39, 0.29) is 17.9 Å². The topological polar surface area (TPSA) is 124 Å². The number of benzene rings is 2. The van der Waals surface area contributed by atoms with Crippen LogP contribution in [0.4, 0.5) is 5.69 Å². The molecule has 0 atom stereocenters. The van der Waals surface area contributed by atoms with E-state index in [2.05, 4.69) is 16.0 Å². The predicted molar refractivity (Wildman–Crippen MR) is 127 cm³/mol. The molecule has 0 aliphatic carbocycles. The molecule has 0 bridgehead atoms. The number of nitrogens with one attached hydrogen (secondary N) is 3. The lowest BCUT2D eigenvalue weighted by molar-refractivity contribution is -0.136. The van der Waals surface area contributed by atoms with E-state index in [9.17, 15) is 19.6 Å². The monoisotopic (exact) mass is 456 g/mol. The van der Waals surface area contributed by atoms with Crippen molar-refractivity contribution in [3.63, 3.8) is 0 Å². The zero-order valence-corrected chi connectivity index (χ0v) is 18.6. The minimum absolute atomic E-state index is 0.0286. The molecule has 34 heavy (non-hydrogen) atoms. The maximum Gasteiger partial charge on any atom is 0.313 e. The van der Waals surface area contributed by atoms with Crippen LogP contribution in [0.5, 0.6) is 0 Å². The predicted octanol–water partition coefficient (Wildman–Crippen LogP) is 3.11. The summed E-state index contributed by atoms with van der Waals surface area (Å²) in [5.41, 5.74) is 2.53. The molecule has 0 fully saturated rings. The summed E-state index contributed by atoms with van der Waals surface area (Å²) in [4.78, 5) is 36.3. The molecule has 2 aromatic carbocycles. The van der Waals surface area contributed by atoms with Gasteiger partial charge in [0.1, 0.15) is 23.2 Å². The van der Waals surface area contributed by atoms with Crippen LogP contribution in [0.3, 0.4) is 0 Å². The Morgan fingerprint density at radius 1 is 0.912 bits per heavy atom. The molecule has 0 aliphatic rings. The minimum atomic E-state index is -0.815. The van der Waals surface area contributed by atoms with Crippen LogP contribution < -0.4 is 16.0 Å². The van der Waals surface area contributed by atoms with E-state index < -0.39 is 17.7 Å².